The zero-order valence-corrected chi connectivity index (χ0v) is 13.1. The Morgan fingerprint density at radius 3 is 2.54 bits per heavy atom. The number of hydrogen-bond acceptors (Lipinski definition) is 3. The Kier molecular flexibility index (Phi) is 6.08. The van der Waals surface area contributed by atoms with Crippen molar-refractivity contribution < 1.29 is 18.7 Å². The molecule has 6 heteroatoms. The van der Waals surface area contributed by atoms with Crippen molar-refractivity contribution in [2.45, 2.75) is 6.92 Å². The van der Waals surface area contributed by atoms with Gasteiger partial charge >= 0.3 is 0 Å². The third-order valence-electron chi connectivity index (χ3n) is 3.10. The molecular weight excluding hydrogens is 311 g/mol. The predicted molar refractivity (Wildman–Crippen MR) is 88.4 cm³/mol. The van der Waals surface area contributed by atoms with E-state index in [1.807, 2.05) is 19.1 Å². The molecule has 0 aliphatic rings. The lowest BCUT2D eigenvalue weighted by Gasteiger charge is -2.09. The first-order valence-corrected chi connectivity index (χ1v) is 7.26. The van der Waals surface area contributed by atoms with Gasteiger partial charge in [0.25, 0.3) is 11.8 Å². The van der Waals surface area contributed by atoms with Crippen LogP contribution in [0.1, 0.15) is 11.1 Å². The zero-order valence-electron chi connectivity index (χ0n) is 13.1. The minimum atomic E-state index is -0.581. The average molecular weight is 328 g/mol. The van der Waals surface area contributed by atoms with E-state index in [0.717, 1.165) is 11.6 Å². The van der Waals surface area contributed by atoms with E-state index in [4.69, 9.17) is 4.74 Å². The monoisotopic (exact) mass is 328 g/mol. The topological polar surface area (TPSA) is 67.4 Å². The Morgan fingerprint density at radius 2 is 1.79 bits per heavy atom. The predicted octanol–water partition coefficient (Wildman–Crippen LogP) is 2.37. The lowest BCUT2D eigenvalue weighted by atomic mass is 10.2. The molecule has 2 amide bonds. The molecule has 2 rings (SSSR count). The number of amides is 2. The molecule has 0 saturated heterocycles. The second-order valence-corrected chi connectivity index (χ2v) is 4.95. The van der Waals surface area contributed by atoms with Gasteiger partial charge in [-0.25, -0.2) is 4.39 Å². The van der Waals surface area contributed by atoms with Crippen LogP contribution in [0.2, 0.25) is 0 Å². The molecule has 0 aliphatic carbocycles. The number of benzene rings is 2. The van der Waals surface area contributed by atoms with Crippen LogP contribution in [-0.4, -0.2) is 18.4 Å². The normalized spacial score (nSPS) is 10.4. The lowest BCUT2D eigenvalue weighted by molar-refractivity contribution is -0.128. The van der Waals surface area contributed by atoms with Crippen molar-refractivity contribution in [1.82, 2.24) is 10.9 Å². The summed E-state index contributed by atoms with van der Waals surface area (Å²) in [5, 5.41) is 0. The highest BCUT2D eigenvalue weighted by atomic mass is 19.1. The first kappa shape index (κ1) is 17.2. The molecule has 0 aliphatic heterocycles. The number of carbonyl (C=O) groups is 2. The Hall–Kier alpha value is -3.15. The standard InChI is InChI=1S/C18H17FN2O3/c1-13-6-2-5-9-16(13)24-12-18(23)21-20-17(22)11-10-14-7-3-4-8-15(14)19/h2-11H,12H2,1H3,(H,20,22)(H,21,23)/b11-10+. The van der Waals surface area contributed by atoms with Gasteiger partial charge in [-0.15, -0.1) is 0 Å². The number of halogens is 1. The van der Waals surface area contributed by atoms with Gasteiger partial charge in [0.15, 0.2) is 6.61 Å². The third-order valence-corrected chi connectivity index (χ3v) is 3.10. The molecule has 0 radical (unpaired) electrons. The molecule has 0 fully saturated rings. The maximum Gasteiger partial charge on any atom is 0.276 e. The van der Waals surface area contributed by atoms with Crippen LogP contribution < -0.4 is 15.6 Å². The molecule has 0 saturated carbocycles. The van der Waals surface area contributed by atoms with Crippen LogP contribution in [0.3, 0.4) is 0 Å². The largest absolute Gasteiger partial charge is 0.483 e. The summed E-state index contributed by atoms with van der Waals surface area (Å²) in [5.41, 5.74) is 5.59. The highest BCUT2D eigenvalue weighted by molar-refractivity contribution is 5.93. The maximum absolute atomic E-state index is 13.4. The van der Waals surface area contributed by atoms with Crippen molar-refractivity contribution in [3.8, 4) is 5.75 Å². The highest BCUT2D eigenvalue weighted by Gasteiger charge is 2.05. The van der Waals surface area contributed by atoms with Crippen LogP contribution >= 0.6 is 0 Å². The molecule has 2 N–H and O–H groups in total. The molecule has 0 spiro atoms. The number of hydrazine groups is 1. The van der Waals surface area contributed by atoms with Crippen molar-refractivity contribution in [2.24, 2.45) is 0 Å². The minimum Gasteiger partial charge on any atom is -0.483 e. The van der Waals surface area contributed by atoms with E-state index < -0.39 is 17.6 Å². The Bertz CT molecular complexity index is 759. The molecule has 124 valence electrons. The fourth-order valence-corrected chi connectivity index (χ4v) is 1.85. The number of rotatable bonds is 5. The zero-order chi connectivity index (χ0) is 17.4. The molecular formula is C18H17FN2O3. The van der Waals surface area contributed by atoms with E-state index in [2.05, 4.69) is 10.9 Å². The van der Waals surface area contributed by atoms with Gasteiger partial charge in [0.2, 0.25) is 0 Å². The van der Waals surface area contributed by atoms with Gasteiger partial charge in [0, 0.05) is 11.6 Å². The van der Waals surface area contributed by atoms with E-state index >= 15 is 0 Å². The molecule has 0 atom stereocenters. The van der Waals surface area contributed by atoms with Crippen LogP contribution in [0.15, 0.2) is 54.6 Å². The van der Waals surface area contributed by atoms with Crippen LogP contribution in [0, 0.1) is 12.7 Å². The molecule has 0 aromatic heterocycles. The van der Waals surface area contributed by atoms with Crippen molar-refractivity contribution in [3.63, 3.8) is 0 Å². The number of carbonyl (C=O) groups excluding carboxylic acids is 2. The summed E-state index contributed by atoms with van der Waals surface area (Å²) in [6.45, 7) is 1.63. The van der Waals surface area contributed by atoms with E-state index in [1.54, 1.807) is 24.3 Å². The van der Waals surface area contributed by atoms with E-state index in [0.29, 0.717) is 5.75 Å². The fraction of sp³-hybridized carbons (Fsp3) is 0.111. The number of para-hydroxylation sites is 1. The molecule has 0 unspecified atom stereocenters. The second-order valence-electron chi connectivity index (χ2n) is 4.95. The number of nitrogens with one attached hydrogen (secondary N) is 2. The van der Waals surface area contributed by atoms with Crippen molar-refractivity contribution >= 4 is 17.9 Å². The summed E-state index contributed by atoms with van der Waals surface area (Å²) in [4.78, 5) is 23.2. The minimum absolute atomic E-state index is 0.234. The Morgan fingerprint density at radius 1 is 1.08 bits per heavy atom. The van der Waals surface area contributed by atoms with Gasteiger partial charge in [0.1, 0.15) is 11.6 Å². The number of aryl methyl sites for hydroxylation is 1. The highest BCUT2D eigenvalue weighted by Crippen LogP contribution is 2.15. The van der Waals surface area contributed by atoms with Crippen LogP contribution in [-0.2, 0) is 9.59 Å². The fourth-order valence-electron chi connectivity index (χ4n) is 1.85. The van der Waals surface area contributed by atoms with Crippen LogP contribution in [0.4, 0.5) is 4.39 Å². The van der Waals surface area contributed by atoms with Crippen molar-refractivity contribution in [2.75, 3.05) is 6.61 Å². The third kappa shape index (κ3) is 5.24. The molecule has 0 heterocycles. The van der Waals surface area contributed by atoms with Crippen LogP contribution in [0.5, 0.6) is 5.75 Å². The smallest absolute Gasteiger partial charge is 0.276 e. The summed E-state index contributed by atoms with van der Waals surface area (Å²) in [7, 11) is 0. The molecule has 2 aromatic rings. The summed E-state index contributed by atoms with van der Waals surface area (Å²) < 4.78 is 18.7. The molecule has 5 nitrogen and oxygen atoms in total. The van der Waals surface area contributed by atoms with Gasteiger partial charge in [-0.2, -0.15) is 0 Å². The number of hydrogen-bond donors (Lipinski definition) is 2. The lowest BCUT2D eigenvalue weighted by Crippen LogP contribution is -2.43. The maximum atomic E-state index is 13.4. The first-order chi connectivity index (χ1) is 11.6. The quantitative estimate of drug-likeness (QED) is 0.654. The summed E-state index contributed by atoms with van der Waals surface area (Å²) in [5.74, 6) is -0.927. The van der Waals surface area contributed by atoms with E-state index in [-0.39, 0.29) is 12.2 Å². The SMILES string of the molecule is Cc1ccccc1OCC(=O)NNC(=O)/C=C/c1ccccc1F. The first-order valence-electron chi connectivity index (χ1n) is 7.26. The average Bonchev–Trinajstić information content (AvgIpc) is 2.58. The number of ether oxygens (including phenoxy) is 1. The summed E-state index contributed by atoms with van der Waals surface area (Å²) >= 11 is 0. The Balaban J connectivity index is 1.76. The second kappa shape index (κ2) is 8.47. The van der Waals surface area contributed by atoms with Crippen LogP contribution in [0.25, 0.3) is 6.08 Å². The summed E-state index contributed by atoms with van der Waals surface area (Å²) in [6.07, 6.45) is 2.45. The Labute approximate surface area is 139 Å². The van der Waals surface area contributed by atoms with Gasteiger partial charge in [-0.1, -0.05) is 36.4 Å². The van der Waals surface area contributed by atoms with Gasteiger partial charge < -0.3 is 4.74 Å². The van der Waals surface area contributed by atoms with Gasteiger partial charge in [-0.3, -0.25) is 20.4 Å². The van der Waals surface area contributed by atoms with Gasteiger partial charge in [-0.05, 0) is 30.7 Å². The molecule has 24 heavy (non-hydrogen) atoms. The molecule has 2 aromatic carbocycles. The van der Waals surface area contributed by atoms with Crippen molar-refractivity contribution in [3.05, 3.63) is 71.6 Å². The van der Waals surface area contributed by atoms with E-state index in [9.17, 15) is 14.0 Å². The van der Waals surface area contributed by atoms with E-state index in [1.165, 1.54) is 18.2 Å². The van der Waals surface area contributed by atoms with Gasteiger partial charge in [0.05, 0.1) is 0 Å². The molecule has 0 bridgehead atoms. The van der Waals surface area contributed by atoms with Crippen molar-refractivity contribution in [1.29, 1.82) is 0 Å². The summed E-state index contributed by atoms with van der Waals surface area (Å²) in [6, 6.07) is 13.3.